The number of hydrogen-bond acceptors (Lipinski definition) is 4. The van der Waals surface area contributed by atoms with Gasteiger partial charge in [0.2, 0.25) is 0 Å². The molecule has 0 aliphatic rings. The van der Waals surface area contributed by atoms with E-state index < -0.39 is 25.2 Å². The van der Waals surface area contributed by atoms with Gasteiger partial charge in [0.15, 0.2) is 0 Å². The third-order valence-corrected chi connectivity index (χ3v) is 3.45. The number of H-pyrrole nitrogens is 2. The molecule has 0 bridgehead atoms. The van der Waals surface area contributed by atoms with Gasteiger partial charge in [-0.25, -0.2) is 4.39 Å². The molecule has 0 spiro atoms. The third kappa shape index (κ3) is 5.06. The second-order valence-corrected chi connectivity index (χ2v) is 5.86. The van der Waals surface area contributed by atoms with Crippen molar-refractivity contribution < 1.29 is 18.7 Å². The van der Waals surface area contributed by atoms with Gasteiger partial charge in [0.25, 0.3) is 0 Å². The van der Waals surface area contributed by atoms with E-state index in [0.717, 1.165) is 5.56 Å². The Morgan fingerprint density at radius 3 is 2.27 bits per heavy atom. The van der Waals surface area contributed by atoms with E-state index in [0.29, 0.717) is 17.7 Å². The second-order valence-electron chi connectivity index (χ2n) is 5.35. The summed E-state index contributed by atoms with van der Waals surface area (Å²) in [6, 6.07) is 12.2. The topological polar surface area (TPSA) is 126 Å². The van der Waals surface area contributed by atoms with Gasteiger partial charge in [-0.1, -0.05) is 30.3 Å². The first kappa shape index (κ1) is 19.5. The van der Waals surface area contributed by atoms with Gasteiger partial charge >= 0.3 is 19.4 Å². The number of benzene rings is 2. The van der Waals surface area contributed by atoms with Gasteiger partial charge in [0.05, 0.1) is 16.7 Å². The summed E-state index contributed by atoms with van der Waals surface area (Å²) in [7, 11) is -1.07. The van der Waals surface area contributed by atoms with Crippen LogP contribution in [0.3, 0.4) is 0 Å². The van der Waals surface area contributed by atoms with Crippen molar-refractivity contribution in [1.29, 1.82) is 0 Å². The molecule has 0 atom stereocenters. The van der Waals surface area contributed by atoms with E-state index in [9.17, 15) is 14.0 Å². The van der Waals surface area contributed by atoms with Crippen LogP contribution in [0.2, 0.25) is 0 Å². The molecule has 3 aromatic rings. The summed E-state index contributed by atoms with van der Waals surface area (Å²) in [6.07, 6.45) is 0. The second kappa shape index (κ2) is 8.48. The van der Waals surface area contributed by atoms with Gasteiger partial charge in [-0.05, 0) is 17.7 Å². The molecule has 3 rings (SSSR count). The molecule has 0 amide bonds. The van der Waals surface area contributed by atoms with Crippen molar-refractivity contribution in [2.45, 2.75) is 6.54 Å². The number of halogens is 1. The van der Waals surface area contributed by atoms with Crippen molar-refractivity contribution in [3.63, 3.8) is 0 Å². The number of rotatable bonds is 3. The van der Waals surface area contributed by atoms with Crippen molar-refractivity contribution in [3.05, 3.63) is 74.6 Å². The van der Waals surface area contributed by atoms with E-state index in [1.807, 2.05) is 35.2 Å². The van der Waals surface area contributed by atoms with Crippen LogP contribution in [0, 0.1) is 5.82 Å². The lowest BCUT2D eigenvalue weighted by Crippen LogP contribution is -2.30. The summed E-state index contributed by atoms with van der Waals surface area (Å²) in [5.41, 5.74) is 0.675. The molecule has 2 aromatic carbocycles. The molecule has 136 valence electrons. The molecule has 1 heterocycles. The zero-order chi connectivity index (χ0) is 19.3. The van der Waals surface area contributed by atoms with Crippen LogP contribution in [0.4, 0.5) is 10.1 Å². The summed E-state index contributed by atoms with van der Waals surface area (Å²) in [5.74, 6) is -0.481. The summed E-state index contributed by atoms with van der Waals surface area (Å²) in [4.78, 5) is 43.9. The minimum absolute atomic E-state index is 0.263. The van der Waals surface area contributed by atoms with Gasteiger partial charge in [-0.2, -0.15) is 0 Å². The zero-order valence-electron chi connectivity index (χ0n) is 13.6. The maximum Gasteiger partial charge on any atom is 0.692 e. The SMILES string of the molecule is CN(Cc1ccccc1)c1cc(F)cc2[nH]c(=O)c(=O)[nH]c12.O=[P+](O)O. The summed E-state index contributed by atoms with van der Waals surface area (Å²) in [6.45, 7) is 0.542. The van der Waals surface area contributed by atoms with Crippen LogP contribution in [0.1, 0.15) is 5.56 Å². The van der Waals surface area contributed by atoms with Crippen molar-refractivity contribution in [1.82, 2.24) is 9.97 Å². The molecule has 26 heavy (non-hydrogen) atoms. The van der Waals surface area contributed by atoms with Crippen LogP contribution in [0.5, 0.6) is 0 Å². The first-order valence-electron chi connectivity index (χ1n) is 7.34. The standard InChI is InChI=1S/C16H14FN3O2.HO3P/c1-20(9-10-5-3-2-4-6-10)13-8-11(17)7-12-14(13)19-16(22)15(21)18-12;1-4(2)3/h2-8H,9H2,1H3,(H,18,21)(H,19,22);(H-,1,2,3)/p+1. The Labute approximate surface area is 147 Å². The van der Waals surface area contributed by atoms with Crippen LogP contribution in [0.25, 0.3) is 11.0 Å². The lowest BCUT2D eigenvalue weighted by atomic mass is 10.2. The highest BCUT2D eigenvalue weighted by molar-refractivity contribution is 7.30. The fraction of sp³-hybridized carbons (Fsp3) is 0.125. The molecule has 0 aliphatic carbocycles. The first-order valence-corrected chi connectivity index (χ1v) is 8.50. The Morgan fingerprint density at radius 1 is 1.08 bits per heavy atom. The molecule has 0 saturated heterocycles. The van der Waals surface area contributed by atoms with Crippen LogP contribution in [-0.4, -0.2) is 26.8 Å². The smallest absolute Gasteiger partial charge is 0.368 e. The number of fused-ring (bicyclic) bond motifs is 1. The number of nitrogens with one attached hydrogen (secondary N) is 2. The summed E-state index contributed by atoms with van der Waals surface area (Å²) >= 11 is 0. The van der Waals surface area contributed by atoms with Crippen LogP contribution in [-0.2, 0) is 11.1 Å². The van der Waals surface area contributed by atoms with E-state index in [4.69, 9.17) is 14.4 Å². The van der Waals surface area contributed by atoms with Gasteiger partial charge < -0.3 is 14.9 Å². The molecule has 0 radical (unpaired) electrons. The van der Waals surface area contributed by atoms with Gasteiger partial charge in [-0.15, -0.1) is 9.79 Å². The third-order valence-electron chi connectivity index (χ3n) is 3.45. The average molecular weight is 380 g/mol. The van der Waals surface area contributed by atoms with E-state index in [1.54, 1.807) is 7.05 Å². The minimum Gasteiger partial charge on any atom is -0.368 e. The molecule has 8 nitrogen and oxygen atoms in total. The minimum atomic E-state index is -2.87. The fourth-order valence-electron chi connectivity index (χ4n) is 2.42. The normalized spacial score (nSPS) is 10.2. The number of hydrogen-bond donors (Lipinski definition) is 4. The molecule has 4 N–H and O–H groups in total. The zero-order valence-corrected chi connectivity index (χ0v) is 14.5. The van der Waals surface area contributed by atoms with Gasteiger partial charge in [0.1, 0.15) is 5.82 Å². The van der Waals surface area contributed by atoms with Crippen LogP contribution >= 0.6 is 8.25 Å². The highest BCUT2D eigenvalue weighted by atomic mass is 31.1. The van der Waals surface area contributed by atoms with E-state index in [-0.39, 0.29) is 5.52 Å². The number of aromatic nitrogens is 2. The predicted molar refractivity (Wildman–Crippen MR) is 95.7 cm³/mol. The van der Waals surface area contributed by atoms with Crippen molar-refractivity contribution in [3.8, 4) is 0 Å². The maximum atomic E-state index is 13.8. The first-order chi connectivity index (χ1) is 12.3. The Bertz CT molecular complexity index is 1030. The number of nitrogens with zero attached hydrogens (tertiary/aromatic N) is 1. The fourth-order valence-corrected chi connectivity index (χ4v) is 2.42. The summed E-state index contributed by atoms with van der Waals surface area (Å²) in [5, 5.41) is 0. The quantitative estimate of drug-likeness (QED) is 0.404. The Morgan fingerprint density at radius 2 is 1.65 bits per heavy atom. The van der Waals surface area contributed by atoms with Crippen molar-refractivity contribution in [2.24, 2.45) is 0 Å². The Hall–Kier alpha value is -2.87. The molecular weight excluding hydrogens is 364 g/mol. The Balaban J connectivity index is 0.000000552. The van der Waals surface area contributed by atoms with E-state index in [1.165, 1.54) is 12.1 Å². The molecular formula is C16H16FN3O5P+. The van der Waals surface area contributed by atoms with E-state index >= 15 is 0 Å². The summed E-state index contributed by atoms with van der Waals surface area (Å²) < 4.78 is 22.5. The van der Waals surface area contributed by atoms with Crippen LogP contribution < -0.4 is 16.0 Å². The average Bonchev–Trinajstić information content (AvgIpc) is 2.56. The van der Waals surface area contributed by atoms with Crippen LogP contribution in [0.15, 0.2) is 52.1 Å². The highest BCUT2D eigenvalue weighted by Crippen LogP contribution is 2.24. The van der Waals surface area contributed by atoms with Gasteiger partial charge in [-0.3, -0.25) is 9.59 Å². The molecule has 0 unspecified atom stereocenters. The van der Waals surface area contributed by atoms with Gasteiger partial charge in [0, 0.05) is 18.2 Å². The molecule has 10 heteroatoms. The molecule has 0 fully saturated rings. The molecule has 0 aliphatic heterocycles. The predicted octanol–water partition coefficient (Wildman–Crippen LogP) is 1.62. The monoisotopic (exact) mass is 380 g/mol. The Kier molecular flexibility index (Phi) is 6.35. The number of anilines is 1. The number of aromatic amines is 2. The van der Waals surface area contributed by atoms with Crippen molar-refractivity contribution >= 4 is 25.0 Å². The molecule has 0 saturated carbocycles. The lowest BCUT2D eigenvalue weighted by molar-refractivity contribution is 0.405. The highest BCUT2D eigenvalue weighted by Gasteiger charge is 2.11. The maximum absolute atomic E-state index is 13.8. The molecule has 1 aromatic heterocycles. The van der Waals surface area contributed by atoms with Crippen molar-refractivity contribution in [2.75, 3.05) is 11.9 Å². The van der Waals surface area contributed by atoms with E-state index in [2.05, 4.69) is 9.97 Å². The largest absolute Gasteiger partial charge is 0.692 e. The lowest BCUT2D eigenvalue weighted by Gasteiger charge is -2.21.